The van der Waals surface area contributed by atoms with Gasteiger partial charge in [-0.3, -0.25) is 4.79 Å². The molecule has 1 unspecified atom stereocenters. The van der Waals surface area contributed by atoms with Gasteiger partial charge in [0, 0.05) is 0 Å². The number of benzene rings is 2. The number of rotatable bonds is 3. The van der Waals surface area contributed by atoms with Crippen molar-refractivity contribution in [3.8, 4) is 5.75 Å². The summed E-state index contributed by atoms with van der Waals surface area (Å²) in [6.07, 6.45) is 0. The van der Waals surface area contributed by atoms with E-state index in [-0.39, 0.29) is 62.0 Å². The van der Waals surface area contributed by atoms with Crippen LogP contribution in [0.1, 0.15) is 21.3 Å². The van der Waals surface area contributed by atoms with Crippen molar-refractivity contribution in [2.75, 3.05) is 7.11 Å². The number of carbonyl (C=O) groups is 1. The standard InChI is InChI=1S/C14H14O3.2Na.2H/c1-9(14(15)16)10-3-4-12-8-13(17-2)6-5-11(12)7-10;;;;/h3-9H,1-2H3,(H,15,16);;;;/q;2*+1;2*-1. The van der Waals surface area contributed by atoms with Crippen LogP contribution in [0.25, 0.3) is 10.8 Å². The third kappa shape index (κ3) is 4.48. The molecule has 0 bridgehead atoms. The van der Waals surface area contributed by atoms with Gasteiger partial charge in [0.1, 0.15) is 5.75 Å². The van der Waals surface area contributed by atoms with E-state index in [1.807, 2.05) is 36.4 Å². The second kappa shape index (κ2) is 8.30. The molecule has 1 atom stereocenters. The average Bonchev–Trinajstić information content (AvgIpc) is 2.36. The molecule has 1 N–H and O–H groups in total. The van der Waals surface area contributed by atoms with Crippen LogP contribution in [0.3, 0.4) is 0 Å². The Morgan fingerprint density at radius 1 is 1.16 bits per heavy atom. The quantitative estimate of drug-likeness (QED) is 0.620. The van der Waals surface area contributed by atoms with Gasteiger partial charge in [-0.2, -0.15) is 0 Å². The minimum atomic E-state index is -0.808. The molecule has 2 aromatic carbocycles. The number of carboxylic acids is 1. The van der Waals surface area contributed by atoms with E-state index in [1.54, 1.807) is 14.0 Å². The smallest absolute Gasteiger partial charge is 1.00 e. The molecular weight excluding hydrogens is 262 g/mol. The number of aliphatic carboxylic acids is 1. The number of ether oxygens (including phenoxy) is 1. The Balaban J connectivity index is -0.000000810. The molecule has 0 aliphatic carbocycles. The van der Waals surface area contributed by atoms with Crippen molar-refractivity contribution in [3.05, 3.63) is 42.0 Å². The zero-order valence-corrected chi connectivity index (χ0v) is 15.8. The first-order valence-corrected chi connectivity index (χ1v) is 5.42. The van der Waals surface area contributed by atoms with Crippen LogP contribution in [0.15, 0.2) is 36.4 Å². The normalized spacial score (nSPS) is 11.1. The molecule has 2 aromatic rings. The second-order valence-corrected chi connectivity index (χ2v) is 4.03. The van der Waals surface area contributed by atoms with Crippen LogP contribution in [-0.2, 0) is 4.79 Å². The van der Waals surface area contributed by atoms with Crippen molar-refractivity contribution < 1.29 is 76.6 Å². The zero-order chi connectivity index (χ0) is 12.4. The van der Waals surface area contributed by atoms with Crippen LogP contribution in [0, 0.1) is 0 Å². The molecule has 3 nitrogen and oxygen atoms in total. The average molecular weight is 278 g/mol. The summed E-state index contributed by atoms with van der Waals surface area (Å²) in [7, 11) is 1.63. The van der Waals surface area contributed by atoms with Gasteiger partial charge in [-0.05, 0) is 35.4 Å². The topological polar surface area (TPSA) is 46.5 Å². The van der Waals surface area contributed by atoms with Crippen molar-refractivity contribution in [2.24, 2.45) is 0 Å². The Bertz CT molecular complexity index is 579. The van der Waals surface area contributed by atoms with Crippen molar-refractivity contribution in [2.45, 2.75) is 12.8 Å². The Hall–Kier alpha value is -0.0300. The predicted octanol–water partition coefficient (Wildman–Crippen LogP) is -2.73. The molecule has 0 fully saturated rings. The predicted molar refractivity (Wildman–Crippen MR) is 68.8 cm³/mol. The summed E-state index contributed by atoms with van der Waals surface area (Å²) >= 11 is 0. The van der Waals surface area contributed by atoms with Gasteiger partial charge in [0.05, 0.1) is 13.0 Å². The van der Waals surface area contributed by atoms with Crippen LogP contribution in [-0.4, -0.2) is 18.2 Å². The van der Waals surface area contributed by atoms with Gasteiger partial charge in [0.15, 0.2) is 0 Å². The molecule has 0 aromatic heterocycles. The summed E-state index contributed by atoms with van der Waals surface area (Å²) in [6.45, 7) is 1.69. The number of hydrogen-bond donors (Lipinski definition) is 1. The molecule has 0 saturated heterocycles. The summed E-state index contributed by atoms with van der Waals surface area (Å²) in [6, 6.07) is 11.4. The summed E-state index contributed by atoms with van der Waals surface area (Å²) in [5, 5.41) is 11.0. The molecule has 19 heavy (non-hydrogen) atoms. The molecular formula is C14H16Na2O3. The third-order valence-corrected chi connectivity index (χ3v) is 2.94. The van der Waals surface area contributed by atoms with E-state index in [0.29, 0.717) is 0 Å². The van der Waals surface area contributed by atoms with Crippen LogP contribution < -0.4 is 63.9 Å². The minimum Gasteiger partial charge on any atom is -1.00 e. The van der Waals surface area contributed by atoms with E-state index < -0.39 is 11.9 Å². The summed E-state index contributed by atoms with van der Waals surface area (Å²) in [4.78, 5) is 10.9. The van der Waals surface area contributed by atoms with E-state index in [9.17, 15) is 4.79 Å². The molecule has 92 valence electrons. The first-order valence-electron chi connectivity index (χ1n) is 5.42. The van der Waals surface area contributed by atoms with Crippen molar-refractivity contribution in [3.63, 3.8) is 0 Å². The number of methoxy groups -OCH3 is 1. The molecule has 0 aliphatic heterocycles. The van der Waals surface area contributed by atoms with E-state index in [1.165, 1.54) is 0 Å². The van der Waals surface area contributed by atoms with Gasteiger partial charge in [0.25, 0.3) is 0 Å². The number of carboxylic acid groups (broad SMARTS) is 1. The van der Waals surface area contributed by atoms with Crippen LogP contribution in [0.5, 0.6) is 5.75 Å². The molecule has 0 aliphatic rings. The SMILES string of the molecule is COc1ccc2cc(C(C)C(=O)O)ccc2c1.[H-].[H-].[Na+].[Na+]. The summed E-state index contributed by atoms with van der Waals surface area (Å²) < 4.78 is 5.14. The molecule has 0 radical (unpaired) electrons. The van der Waals surface area contributed by atoms with Gasteiger partial charge in [-0.15, -0.1) is 0 Å². The molecule has 0 saturated carbocycles. The fourth-order valence-electron chi connectivity index (χ4n) is 1.78. The Morgan fingerprint density at radius 2 is 1.74 bits per heavy atom. The van der Waals surface area contributed by atoms with Crippen molar-refractivity contribution >= 4 is 16.7 Å². The largest absolute Gasteiger partial charge is 1.00 e. The second-order valence-electron chi connectivity index (χ2n) is 4.03. The molecule has 0 spiro atoms. The van der Waals surface area contributed by atoms with Crippen LogP contribution in [0.2, 0.25) is 0 Å². The third-order valence-electron chi connectivity index (χ3n) is 2.94. The van der Waals surface area contributed by atoms with Gasteiger partial charge < -0.3 is 12.7 Å². The van der Waals surface area contributed by atoms with Gasteiger partial charge in [-0.25, -0.2) is 0 Å². The van der Waals surface area contributed by atoms with E-state index in [0.717, 1.165) is 22.1 Å². The fourth-order valence-corrected chi connectivity index (χ4v) is 1.78. The first kappa shape index (κ1) is 19.0. The maximum absolute atomic E-state index is 10.9. The number of hydrogen-bond acceptors (Lipinski definition) is 2. The Kier molecular flexibility index (Phi) is 8.29. The van der Waals surface area contributed by atoms with E-state index >= 15 is 0 Å². The summed E-state index contributed by atoms with van der Waals surface area (Å²) in [5.74, 6) is -0.490. The van der Waals surface area contributed by atoms with Gasteiger partial charge >= 0.3 is 65.1 Å². The Labute approximate surface area is 159 Å². The van der Waals surface area contributed by atoms with E-state index in [2.05, 4.69) is 0 Å². The minimum absolute atomic E-state index is 0. The molecule has 5 heteroatoms. The van der Waals surface area contributed by atoms with Crippen molar-refractivity contribution in [1.82, 2.24) is 0 Å². The zero-order valence-electron chi connectivity index (χ0n) is 13.8. The Morgan fingerprint density at radius 3 is 2.32 bits per heavy atom. The van der Waals surface area contributed by atoms with Crippen molar-refractivity contribution in [1.29, 1.82) is 0 Å². The number of fused-ring (bicyclic) bond motifs is 1. The van der Waals surface area contributed by atoms with E-state index in [4.69, 9.17) is 9.84 Å². The van der Waals surface area contributed by atoms with Crippen LogP contribution in [0.4, 0.5) is 0 Å². The molecule has 0 heterocycles. The van der Waals surface area contributed by atoms with Crippen LogP contribution >= 0.6 is 0 Å². The van der Waals surface area contributed by atoms with Gasteiger partial charge in [0.2, 0.25) is 0 Å². The molecule has 0 amide bonds. The monoisotopic (exact) mass is 278 g/mol. The van der Waals surface area contributed by atoms with Gasteiger partial charge in [-0.1, -0.05) is 24.3 Å². The first-order chi connectivity index (χ1) is 8.11. The molecule has 2 rings (SSSR count). The maximum atomic E-state index is 10.9. The summed E-state index contributed by atoms with van der Waals surface area (Å²) in [5.41, 5.74) is 0.815. The fraction of sp³-hybridized carbons (Fsp3) is 0.214. The maximum Gasteiger partial charge on any atom is 1.00 e.